The molecule has 1 amide bonds. The Morgan fingerprint density at radius 2 is 2.15 bits per heavy atom. The molecule has 2 N–H and O–H groups in total. The molecule has 0 spiro atoms. The van der Waals surface area contributed by atoms with Gasteiger partial charge >= 0.3 is 0 Å². The van der Waals surface area contributed by atoms with Gasteiger partial charge in [0.2, 0.25) is 0 Å². The summed E-state index contributed by atoms with van der Waals surface area (Å²) in [6.07, 6.45) is 2.05. The van der Waals surface area contributed by atoms with Crippen LogP contribution in [0.15, 0.2) is 18.2 Å². The normalized spacial score (nSPS) is 17.6. The maximum Gasteiger partial charge on any atom is 0.258 e. The molecule has 1 aromatic carbocycles. The Kier molecular flexibility index (Phi) is 4.95. The minimum atomic E-state index is -0.556. The van der Waals surface area contributed by atoms with Crippen LogP contribution in [0.2, 0.25) is 0 Å². The fraction of sp³-hybridized carbons (Fsp3) is 0.533. The molecule has 4 nitrogen and oxygen atoms in total. The lowest BCUT2D eigenvalue weighted by Gasteiger charge is -2.29. The SMILES string of the molecule is COc1cccc(F)c1C(=O)NC(C)C1CCNCC1. The molecule has 0 aliphatic carbocycles. The second-order valence-electron chi connectivity index (χ2n) is 5.17. The standard InChI is InChI=1S/C15H21FN2O2/c1-10(11-6-8-17-9-7-11)18-15(19)14-12(16)4-3-5-13(14)20-2/h3-5,10-11,17H,6-9H2,1-2H3,(H,18,19). The van der Waals surface area contributed by atoms with Gasteiger partial charge < -0.3 is 15.4 Å². The quantitative estimate of drug-likeness (QED) is 0.886. The summed E-state index contributed by atoms with van der Waals surface area (Å²) in [5, 5.41) is 6.18. The molecule has 1 aliphatic rings. The van der Waals surface area contributed by atoms with Crippen LogP contribution in [0.5, 0.6) is 5.75 Å². The third kappa shape index (κ3) is 3.28. The van der Waals surface area contributed by atoms with Crippen molar-refractivity contribution in [3.8, 4) is 5.75 Å². The van der Waals surface area contributed by atoms with Crippen LogP contribution in [0, 0.1) is 11.7 Å². The third-order valence-electron chi connectivity index (χ3n) is 3.87. The maximum atomic E-state index is 13.8. The number of amides is 1. The van der Waals surface area contributed by atoms with E-state index in [0.717, 1.165) is 25.9 Å². The Bertz CT molecular complexity index is 473. The number of carbonyl (C=O) groups is 1. The molecule has 20 heavy (non-hydrogen) atoms. The van der Waals surface area contributed by atoms with Gasteiger partial charge in [0.25, 0.3) is 5.91 Å². The van der Waals surface area contributed by atoms with E-state index in [2.05, 4.69) is 10.6 Å². The molecule has 2 rings (SSSR count). The van der Waals surface area contributed by atoms with Crippen LogP contribution in [0.4, 0.5) is 4.39 Å². The first kappa shape index (κ1) is 14.8. The Labute approximate surface area is 118 Å². The number of rotatable bonds is 4. The second kappa shape index (κ2) is 6.70. The Morgan fingerprint density at radius 3 is 2.80 bits per heavy atom. The van der Waals surface area contributed by atoms with Crippen molar-refractivity contribution < 1.29 is 13.9 Å². The number of hydrogen-bond acceptors (Lipinski definition) is 3. The topological polar surface area (TPSA) is 50.4 Å². The van der Waals surface area contributed by atoms with Crippen LogP contribution < -0.4 is 15.4 Å². The van der Waals surface area contributed by atoms with E-state index >= 15 is 0 Å². The zero-order valence-electron chi connectivity index (χ0n) is 11.9. The predicted octanol–water partition coefficient (Wildman–Crippen LogP) is 1.95. The molecule has 1 atom stereocenters. The average molecular weight is 280 g/mol. The smallest absolute Gasteiger partial charge is 0.258 e. The molecular weight excluding hydrogens is 259 g/mol. The van der Waals surface area contributed by atoms with E-state index in [-0.39, 0.29) is 17.4 Å². The highest BCUT2D eigenvalue weighted by Gasteiger charge is 2.24. The number of ether oxygens (including phenoxy) is 1. The van der Waals surface area contributed by atoms with Gasteiger partial charge in [0.05, 0.1) is 7.11 Å². The first-order valence-corrected chi connectivity index (χ1v) is 6.97. The van der Waals surface area contributed by atoms with Gasteiger partial charge in [-0.15, -0.1) is 0 Å². The molecule has 1 unspecified atom stereocenters. The van der Waals surface area contributed by atoms with E-state index in [0.29, 0.717) is 5.92 Å². The zero-order chi connectivity index (χ0) is 14.5. The summed E-state index contributed by atoms with van der Waals surface area (Å²) in [6.45, 7) is 3.91. The number of benzene rings is 1. The van der Waals surface area contributed by atoms with Crippen LogP contribution in [0.1, 0.15) is 30.1 Å². The van der Waals surface area contributed by atoms with Gasteiger partial charge in [-0.1, -0.05) is 6.07 Å². The number of piperidine rings is 1. The largest absolute Gasteiger partial charge is 0.496 e. The van der Waals surface area contributed by atoms with Crippen LogP contribution in [-0.4, -0.2) is 32.1 Å². The first-order chi connectivity index (χ1) is 9.63. The molecule has 1 aliphatic heterocycles. The second-order valence-corrected chi connectivity index (χ2v) is 5.17. The van der Waals surface area contributed by atoms with Crippen LogP contribution >= 0.6 is 0 Å². The number of methoxy groups -OCH3 is 1. The van der Waals surface area contributed by atoms with Gasteiger partial charge in [-0.25, -0.2) is 4.39 Å². The van der Waals surface area contributed by atoms with Gasteiger partial charge in [-0.2, -0.15) is 0 Å². The molecule has 0 bridgehead atoms. The zero-order valence-corrected chi connectivity index (χ0v) is 11.9. The molecule has 0 radical (unpaired) electrons. The van der Waals surface area contributed by atoms with E-state index in [1.165, 1.54) is 19.2 Å². The molecule has 1 aromatic rings. The van der Waals surface area contributed by atoms with Crippen molar-refractivity contribution >= 4 is 5.91 Å². The Balaban J connectivity index is 2.08. The molecule has 1 saturated heterocycles. The summed E-state index contributed by atoms with van der Waals surface area (Å²) in [7, 11) is 1.43. The van der Waals surface area contributed by atoms with Crippen LogP contribution in [0.3, 0.4) is 0 Å². The highest BCUT2D eigenvalue weighted by Crippen LogP contribution is 2.22. The van der Waals surface area contributed by atoms with Crippen molar-refractivity contribution in [3.63, 3.8) is 0 Å². The molecule has 1 fully saturated rings. The Morgan fingerprint density at radius 1 is 1.45 bits per heavy atom. The minimum absolute atomic E-state index is 0.0178. The maximum absolute atomic E-state index is 13.8. The van der Waals surface area contributed by atoms with E-state index in [4.69, 9.17) is 4.74 Å². The first-order valence-electron chi connectivity index (χ1n) is 6.97. The summed E-state index contributed by atoms with van der Waals surface area (Å²) in [4.78, 5) is 12.3. The molecule has 0 aromatic heterocycles. The van der Waals surface area contributed by atoms with E-state index < -0.39 is 11.7 Å². The number of hydrogen-bond donors (Lipinski definition) is 2. The van der Waals surface area contributed by atoms with Crippen molar-refractivity contribution in [3.05, 3.63) is 29.6 Å². The highest BCUT2D eigenvalue weighted by molar-refractivity contribution is 5.97. The number of nitrogens with one attached hydrogen (secondary N) is 2. The molecular formula is C15H21FN2O2. The van der Waals surface area contributed by atoms with Crippen LogP contribution in [0.25, 0.3) is 0 Å². The summed E-state index contributed by atoms with van der Waals surface area (Å²) in [5.74, 6) is -0.275. The van der Waals surface area contributed by atoms with E-state index in [9.17, 15) is 9.18 Å². The lowest BCUT2D eigenvalue weighted by Crippen LogP contribution is -2.42. The number of halogens is 1. The van der Waals surface area contributed by atoms with Gasteiger partial charge in [0.15, 0.2) is 0 Å². The molecule has 5 heteroatoms. The van der Waals surface area contributed by atoms with E-state index in [1.807, 2.05) is 6.92 Å². The van der Waals surface area contributed by atoms with Crippen molar-refractivity contribution in [2.45, 2.75) is 25.8 Å². The lowest BCUT2D eigenvalue weighted by molar-refractivity contribution is 0.0913. The summed E-state index contributed by atoms with van der Waals surface area (Å²) in [6, 6.07) is 4.41. The van der Waals surface area contributed by atoms with Gasteiger partial charge in [0, 0.05) is 6.04 Å². The lowest BCUT2D eigenvalue weighted by atomic mass is 9.91. The molecule has 1 heterocycles. The van der Waals surface area contributed by atoms with E-state index in [1.54, 1.807) is 6.07 Å². The van der Waals surface area contributed by atoms with Gasteiger partial charge in [0.1, 0.15) is 17.1 Å². The van der Waals surface area contributed by atoms with Crippen molar-refractivity contribution in [2.75, 3.05) is 20.2 Å². The molecule has 110 valence electrons. The van der Waals surface area contributed by atoms with Crippen molar-refractivity contribution in [2.24, 2.45) is 5.92 Å². The van der Waals surface area contributed by atoms with Gasteiger partial charge in [-0.3, -0.25) is 4.79 Å². The monoisotopic (exact) mass is 280 g/mol. The molecule has 0 saturated carbocycles. The third-order valence-corrected chi connectivity index (χ3v) is 3.87. The Hall–Kier alpha value is -1.62. The predicted molar refractivity (Wildman–Crippen MR) is 75.5 cm³/mol. The number of carbonyl (C=O) groups excluding carboxylic acids is 1. The van der Waals surface area contributed by atoms with Gasteiger partial charge in [-0.05, 0) is 50.9 Å². The average Bonchev–Trinajstić information content (AvgIpc) is 2.47. The fourth-order valence-electron chi connectivity index (χ4n) is 2.64. The highest BCUT2D eigenvalue weighted by atomic mass is 19.1. The van der Waals surface area contributed by atoms with Crippen molar-refractivity contribution in [1.82, 2.24) is 10.6 Å². The summed E-state index contributed by atoms with van der Waals surface area (Å²) >= 11 is 0. The summed E-state index contributed by atoms with van der Waals surface area (Å²) < 4.78 is 18.9. The van der Waals surface area contributed by atoms with Crippen molar-refractivity contribution in [1.29, 1.82) is 0 Å². The fourth-order valence-corrected chi connectivity index (χ4v) is 2.64. The minimum Gasteiger partial charge on any atom is -0.496 e. The van der Waals surface area contributed by atoms with Crippen LogP contribution in [-0.2, 0) is 0 Å². The summed E-state index contributed by atoms with van der Waals surface area (Å²) in [5.41, 5.74) is -0.0178.